The Bertz CT molecular complexity index is 815. The summed E-state index contributed by atoms with van der Waals surface area (Å²) in [4.78, 5) is 27.5. The Kier molecular flexibility index (Phi) is 8.44. The van der Waals surface area contributed by atoms with Crippen LogP contribution < -0.4 is 5.32 Å². The van der Waals surface area contributed by atoms with E-state index in [1.54, 1.807) is 4.90 Å². The average molecular weight is 395 g/mol. The first-order valence-electron chi connectivity index (χ1n) is 10.4. The highest BCUT2D eigenvalue weighted by molar-refractivity contribution is 5.88. The van der Waals surface area contributed by atoms with Gasteiger partial charge < -0.3 is 10.2 Å². The highest BCUT2D eigenvalue weighted by Crippen LogP contribution is 2.13. The Morgan fingerprint density at radius 2 is 1.62 bits per heavy atom. The van der Waals surface area contributed by atoms with Crippen molar-refractivity contribution in [3.8, 4) is 0 Å². The molecular formula is C25H34N2O2. The van der Waals surface area contributed by atoms with Crippen molar-refractivity contribution in [2.75, 3.05) is 13.1 Å². The molecule has 0 radical (unpaired) electrons. The molecule has 0 spiro atoms. The summed E-state index contributed by atoms with van der Waals surface area (Å²) in [6.45, 7) is 11.2. The largest absolute Gasteiger partial charge is 0.354 e. The molecule has 0 saturated carbocycles. The maximum Gasteiger partial charge on any atom is 0.242 e. The lowest BCUT2D eigenvalue weighted by molar-refractivity contribution is -0.139. The van der Waals surface area contributed by atoms with Crippen LogP contribution in [0.5, 0.6) is 0 Å². The third-order valence-electron chi connectivity index (χ3n) is 5.26. The van der Waals surface area contributed by atoms with Crippen molar-refractivity contribution in [2.24, 2.45) is 5.92 Å². The summed E-state index contributed by atoms with van der Waals surface area (Å²) in [5.41, 5.74) is 4.53. The average Bonchev–Trinajstić information content (AvgIpc) is 2.69. The van der Waals surface area contributed by atoms with E-state index in [0.29, 0.717) is 25.4 Å². The number of rotatable bonds is 9. The van der Waals surface area contributed by atoms with Gasteiger partial charge in [0.25, 0.3) is 0 Å². The zero-order chi connectivity index (χ0) is 21.4. The summed E-state index contributed by atoms with van der Waals surface area (Å²) in [6.07, 6.45) is 1.03. The predicted octanol–water partition coefficient (Wildman–Crippen LogP) is 4.08. The molecule has 2 rings (SSSR count). The van der Waals surface area contributed by atoms with Gasteiger partial charge in [0.15, 0.2) is 0 Å². The maximum absolute atomic E-state index is 13.2. The third kappa shape index (κ3) is 7.04. The second kappa shape index (κ2) is 10.8. The van der Waals surface area contributed by atoms with Crippen LogP contribution in [0.2, 0.25) is 0 Å². The van der Waals surface area contributed by atoms with E-state index < -0.39 is 6.04 Å². The smallest absolute Gasteiger partial charge is 0.242 e. The fourth-order valence-corrected chi connectivity index (χ4v) is 3.21. The van der Waals surface area contributed by atoms with E-state index in [2.05, 4.69) is 51.2 Å². The topological polar surface area (TPSA) is 49.4 Å². The quantitative estimate of drug-likeness (QED) is 0.697. The number of benzene rings is 2. The van der Waals surface area contributed by atoms with E-state index in [9.17, 15) is 9.59 Å². The Morgan fingerprint density at radius 1 is 0.931 bits per heavy atom. The molecule has 0 aliphatic carbocycles. The molecule has 4 nitrogen and oxygen atoms in total. The molecule has 2 aromatic rings. The number of hydrogen-bond donors (Lipinski definition) is 1. The zero-order valence-electron chi connectivity index (χ0n) is 18.4. The van der Waals surface area contributed by atoms with Crippen LogP contribution in [0.25, 0.3) is 0 Å². The van der Waals surface area contributed by atoms with Gasteiger partial charge in [-0.2, -0.15) is 0 Å². The minimum Gasteiger partial charge on any atom is -0.354 e. The van der Waals surface area contributed by atoms with Gasteiger partial charge >= 0.3 is 0 Å². The van der Waals surface area contributed by atoms with Gasteiger partial charge in [-0.25, -0.2) is 0 Å². The summed E-state index contributed by atoms with van der Waals surface area (Å²) in [6, 6.07) is 15.7. The van der Waals surface area contributed by atoms with Gasteiger partial charge in [0, 0.05) is 13.1 Å². The molecule has 0 heterocycles. The van der Waals surface area contributed by atoms with Crippen LogP contribution in [0.3, 0.4) is 0 Å². The fraction of sp³-hybridized carbons (Fsp3) is 0.440. The van der Waals surface area contributed by atoms with Crippen molar-refractivity contribution >= 4 is 11.8 Å². The Hall–Kier alpha value is -2.62. The van der Waals surface area contributed by atoms with Crippen LogP contribution >= 0.6 is 0 Å². The number of carbonyl (C=O) groups is 2. The molecule has 1 N–H and O–H groups in total. The van der Waals surface area contributed by atoms with Gasteiger partial charge in [0.1, 0.15) is 6.04 Å². The van der Waals surface area contributed by atoms with Gasteiger partial charge in [-0.3, -0.25) is 9.59 Å². The van der Waals surface area contributed by atoms with Crippen molar-refractivity contribution in [3.05, 3.63) is 70.8 Å². The van der Waals surface area contributed by atoms with Crippen molar-refractivity contribution in [2.45, 2.75) is 53.5 Å². The van der Waals surface area contributed by atoms with Crippen molar-refractivity contribution < 1.29 is 9.59 Å². The molecule has 0 aromatic heterocycles. The number of hydrogen-bond acceptors (Lipinski definition) is 2. The summed E-state index contributed by atoms with van der Waals surface area (Å²) in [5.74, 6) is 0.256. The first-order chi connectivity index (χ1) is 13.8. The van der Waals surface area contributed by atoms with Gasteiger partial charge in [0.2, 0.25) is 11.8 Å². The molecule has 0 aliphatic rings. The number of amides is 2. The SMILES string of the molecule is Cc1ccc(CC(=O)N(CCc2ccccc2)[C@@H](C)C(=O)NCC(C)C)cc1C. The third-order valence-corrected chi connectivity index (χ3v) is 5.26. The van der Waals surface area contributed by atoms with Crippen LogP contribution in [0.15, 0.2) is 48.5 Å². The summed E-state index contributed by atoms with van der Waals surface area (Å²) >= 11 is 0. The van der Waals surface area contributed by atoms with Gasteiger partial charge in [-0.05, 0) is 55.4 Å². The lowest BCUT2D eigenvalue weighted by atomic mass is 10.0. The Labute approximate surface area is 175 Å². The minimum atomic E-state index is -0.503. The maximum atomic E-state index is 13.2. The molecule has 156 valence electrons. The lowest BCUT2D eigenvalue weighted by Crippen LogP contribution is -2.49. The van der Waals surface area contributed by atoms with Gasteiger partial charge in [0.05, 0.1) is 6.42 Å². The predicted molar refractivity (Wildman–Crippen MR) is 119 cm³/mol. The second-order valence-corrected chi connectivity index (χ2v) is 8.23. The molecule has 0 aliphatic heterocycles. The molecule has 4 heteroatoms. The van der Waals surface area contributed by atoms with Crippen LogP contribution in [-0.2, 0) is 22.4 Å². The Balaban J connectivity index is 2.13. The van der Waals surface area contributed by atoms with Crippen LogP contribution in [0.4, 0.5) is 0 Å². The number of aryl methyl sites for hydroxylation is 2. The van der Waals surface area contributed by atoms with Crippen molar-refractivity contribution in [1.82, 2.24) is 10.2 Å². The molecule has 0 unspecified atom stereocenters. The monoisotopic (exact) mass is 394 g/mol. The highest BCUT2D eigenvalue weighted by atomic mass is 16.2. The summed E-state index contributed by atoms with van der Waals surface area (Å²) < 4.78 is 0. The zero-order valence-corrected chi connectivity index (χ0v) is 18.4. The number of nitrogens with one attached hydrogen (secondary N) is 1. The Morgan fingerprint density at radius 3 is 2.24 bits per heavy atom. The normalized spacial score (nSPS) is 11.9. The second-order valence-electron chi connectivity index (χ2n) is 8.23. The number of carbonyl (C=O) groups excluding carboxylic acids is 2. The van der Waals surface area contributed by atoms with E-state index in [4.69, 9.17) is 0 Å². The van der Waals surface area contributed by atoms with E-state index in [1.165, 1.54) is 11.1 Å². The van der Waals surface area contributed by atoms with Crippen LogP contribution in [0, 0.1) is 19.8 Å². The first kappa shape index (κ1) is 22.7. The van der Waals surface area contributed by atoms with E-state index in [0.717, 1.165) is 17.5 Å². The molecular weight excluding hydrogens is 360 g/mol. The van der Waals surface area contributed by atoms with E-state index in [1.807, 2.05) is 37.3 Å². The number of nitrogens with zero attached hydrogens (tertiary/aromatic N) is 1. The lowest BCUT2D eigenvalue weighted by Gasteiger charge is -2.29. The molecule has 0 bridgehead atoms. The van der Waals surface area contributed by atoms with Crippen LogP contribution in [0.1, 0.15) is 43.0 Å². The molecule has 2 aromatic carbocycles. The first-order valence-corrected chi connectivity index (χ1v) is 10.4. The van der Waals surface area contributed by atoms with Gasteiger partial charge in [-0.15, -0.1) is 0 Å². The molecule has 2 amide bonds. The van der Waals surface area contributed by atoms with E-state index in [-0.39, 0.29) is 11.8 Å². The molecule has 29 heavy (non-hydrogen) atoms. The molecule has 1 atom stereocenters. The standard InChI is InChI=1S/C25H34N2O2/c1-18(2)17-26-25(29)21(5)27(14-13-22-9-7-6-8-10-22)24(28)16-23-12-11-19(3)20(4)15-23/h6-12,15,18,21H,13-14,16-17H2,1-5H3,(H,26,29)/t21-/m0/s1. The molecule has 0 fully saturated rings. The van der Waals surface area contributed by atoms with Crippen molar-refractivity contribution in [3.63, 3.8) is 0 Å². The van der Waals surface area contributed by atoms with Crippen LogP contribution in [-0.4, -0.2) is 35.8 Å². The fourth-order valence-electron chi connectivity index (χ4n) is 3.21. The van der Waals surface area contributed by atoms with Gasteiger partial charge in [-0.1, -0.05) is 62.4 Å². The summed E-state index contributed by atoms with van der Waals surface area (Å²) in [7, 11) is 0. The van der Waals surface area contributed by atoms with E-state index >= 15 is 0 Å². The summed E-state index contributed by atoms with van der Waals surface area (Å²) in [5, 5.41) is 2.96. The highest BCUT2D eigenvalue weighted by Gasteiger charge is 2.25. The molecule has 0 saturated heterocycles. The van der Waals surface area contributed by atoms with Crippen molar-refractivity contribution in [1.29, 1.82) is 0 Å². The minimum absolute atomic E-state index is 0.0172.